The Balaban J connectivity index is 0.00000300. The second-order valence-corrected chi connectivity index (χ2v) is 7.69. The van der Waals surface area contributed by atoms with Gasteiger partial charge in [0, 0.05) is 33.2 Å². The number of pyridine rings is 1. The minimum atomic E-state index is -0.0682. The van der Waals surface area contributed by atoms with E-state index in [2.05, 4.69) is 29.0 Å². The molecule has 0 aliphatic carbocycles. The number of nitrogens with zero attached hydrogens (tertiary/aromatic N) is 3. The van der Waals surface area contributed by atoms with Gasteiger partial charge in [0.1, 0.15) is 11.6 Å². The molecule has 1 aliphatic heterocycles. The third-order valence-electron chi connectivity index (χ3n) is 5.03. The van der Waals surface area contributed by atoms with Crippen LogP contribution in [0.15, 0.2) is 42.6 Å². The number of benzene rings is 1. The van der Waals surface area contributed by atoms with Crippen LogP contribution in [0.4, 0.5) is 11.5 Å². The lowest BCUT2D eigenvalue weighted by Crippen LogP contribution is -2.30. The summed E-state index contributed by atoms with van der Waals surface area (Å²) in [4.78, 5) is 21.2. The van der Waals surface area contributed by atoms with Gasteiger partial charge < -0.3 is 19.9 Å². The van der Waals surface area contributed by atoms with E-state index < -0.39 is 0 Å². The van der Waals surface area contributed by atoms with Gasteiger partial charge in [0.25, 0.3) is 5.91 Å². The zero-order chi connectivity index (χ0) is 20.1. The van der Waals surface area contributed by atoms with Crippen LogP contribution in [0.1, 0.15) is 32.1 Å². The third kappa shape index (κ3) is 4.81. The largest absolute Gasteiger partial charge is 0.493 e. The molecule has 0 spiro atoms. The van der Waals surface area contributed by atoms with E-state index in [9.17, 15) is 4.79 Å². The molecule has 1 aromatic carbocycles. The summed E-state index contributed by atoms with van der Waals surface area (Å²) in [5.41, 5.74) is 1.40. The first-order valence-electron chi connectivity index (χ1n) is 9.87. The quantitative estimate of drug-likeness (QED) is 0.792. The van der Waals surface area contributed by atoms with Crippen molar-refractivity contribution in [3.05, 3.63) is 48.2 Å². The van der Waals surface area contributed by atoms with Gasteiger partial charge in [0.15, 0.2) is 0 Å². The van der Waals surface area contributed by atoms with Crippen LogP contribution in [0.2, 0.25) is 0 Å². The fourth-order valence-electron chi connectivity index (χ4n) is 3.24. The monoisotopic (exact) mass is 384 g/mol. The van der Waals surface area contributed by atoms with Gasteiger partial charge in [-0.2, -0.15) is 0 Å². The van der Waals surface area contributed by atoms with E-state index in [0.717, 1.165) is 36.8 Å². The summed E-state index contributed by atoms with van der Waals surface area (Å²) in [7, 11) is 3.77. The average Bonchev–Trinajstić information content (AvgIpc) is 3.21. The zero-order valence-electron chi connectivity index (χ0n) is 17.2. The lowest BCUT2D eigenvalue weighted by molar-refractivity contribution is 0.0993. The van der Waals surface area contributed by atoms with Crippen LogP contribution in [0.3, 0.4) is 0 Å². The summed E-state index contributed by atoms with van der Waals surface area (Å²) in [5, 5.41) is 3.31. The minimum absolute atomic E-state index is 0. The first-order valence-corrected chi connectivity index (χ1v) is 9.87. The number of hydrogen-bond acceptors (Lipinski definition) is 5. The van der Waals surface area contributed by atoms with Gasteiger partial charge in [-0.05, 0) is 55.8 Å². The summed E-state index contributed by atoms with van der Waals surface area (Å²) >= 11 is 0. The average molecular weight is 385 g/mol. The molecule has 2 aromatic rings. The van der Waals surface area contributed by atoms with Crippen LogP contribution in [0.25, 0.3) is 0 Å². The van der Waals surface area contributed by atoms with E-state index in [0.29, 0.717) is 24.1 Å². The Morgan fingerprint density at radius 1 is 1.32 bits per heavy atom. The van der Waals surface area contributed by atoms with E-state index in [1.165, 1.54) is 0 Å². The number of anilines is 2. The molecule has 1 atom stereocenters. The Kier molecular flexibility index (Phi) is 6.52. The molecule has 2 heterocycles. The van der Waals surface area contributed by atoms with Gasteiger partial charge in [0.2, 0.25) is 0 Å². The van der Waals surface area contributed by atoms with Crippen molar-refractivity contribution in [1.29, 1.82) is 0 Å². The summed E-state index contributed by atoms with van der Waals surface area (Å²) in [6.07, 6.45) is 2.88. The molecule has 6 nitrogen and oxygen atoms in total. The predicted octanol–water partition coefficient (Wildman–Crippen LogP) is 3.44. The summed E-state index contributed by atoms with van der Waals surface area (Å²) in [5.74, 6) is 2.13. The number of aromatic nitrogens is 1. The Morgan fingerprint density at radius 2 is 2.07 bits per heavy atom. The second-order valence-electron chi connectivity index (χ2n) is 7.69. The maximum Gasteiger partial charge on any atom is 0.258 e. The molecule has 28 heavy (non-hydrogen) atoms. The molecule has 3 rings (SSSR count). The zero-order valence-corrected chi connectivity index (χ0v) is 17.2. The van der Waals surface area contributed by atoms with Gasteiger partial charge >= 0.3 is 0 Å². The molecule has 1 fully saturated rings. The maximum atomic E-state index is 12.8. The number of hydrogen-bond donors (Lipinski definition) is 1. The summed E-state index contributed by atoms with van der Waals surface area (Å²) in [6, 6.07) is 11.7. The molecule has 0 saturated carbocycles. The normalized spacial score (nSPS) is 16.5. The van der Waals surface area contributed by atoms with Crippen LogP contribution in [0.5, 0.6) is 5.75 Å². The van der Waals surface area contributed by atoms with Gasteiger partial charge in [-0.15, -0.1) is 0 Å². The fourth-order valence-corrected chi connectivity index (χ4v) is 3.24. The smallest absolute Gasteiger partial charge is 0.258 e. The number of rotatable bonds is 7. The van der Waals surface area contributed by atoms with Crippen molar-refractivity contribution in [3.8, 4) is 5.75 Å². The topological polar surface area (TPSA) is 57.7 Å². The van der Waals surface area contributed by atoms with Crippen LogP contribution in [-0.4, -0.2) is 50.7 Å². The van der Waals surface area contributed by atoms with Gasteiger partial charge in [-0.1, -0.05) is 13.8 Å². The first kappa shape index (κ1) is 20.1. The number of ether oxygens (including phenoxy) is 1. The lowest BCUT2D eigenvalue weighted by Gasteiger charge is -2.20. The van der Waals surface area contributed by atoms with Gasteiger partial charge in [-0.25, -0.2) is 4.98 Å². The summed E-state index contributed by atoms with van der Waals surface area (Å²) in [6.45, 7) is 6.84. The molecule has 152 valence electrons. The molecule has 1 aromatic heterocycles. The highest BCUT2D eigenvalue weighted by Gasteiger charge is 2.22. The molecule has 1 saturated heterocycles. The fraction of sp³-hybridized carbons (Fsp3) is 0.455. The Hall–Kier alpha value is -2.60. The van der Waals surface area contributed by atoms with Crippen LogP contribution in [-0.2, 0) is 0 Å². The molecular weight excluding hydrogens is 352 g/mol. The van der Waals surface area contributed by atoms with E-state index >= 15 is 0 Å². The third-order valence-corrected chi connectivity index (χ3v) is 5.03. The Bertz CT molecular complexity index is 780. The van der Waals surface area contributed by atoms with Gasteiger partial charge in [-0.3, -0.25) is 4.79 Å². The Labute approximate surface area is 169 Å². The van der Waals surface area contributed by atoms with Crippen molar-refractivity contribution >= 4 is 17.4 Å². The van der Waals surface area contributed by atoms with Crippen molar-refractivity contribution in [2.45, 2.75) is 26.3 Å². The van der Waals surface area contributed by atoms with E-state index in [1.54, 1.807) is 30.3 Å². The predicted molar refractivity (Wildman–Crippen MR) is 116 cm³/mol. The Morgan fingerprint density at radius 3 is 2.64 bits per heavy atom. The number of amides is 1. The highest BCUT2D eigenvalue weighted by atomic mass is 16.5. The van der Waals surface area contributed by atoms with E-state index in [1.807, 2.05) is 31.3 Å². The minimum Gasteiger partial charge on any atom is -0.493 e. The van der Waals surface area contributed by atoms with Crippen molar-refractivity contribution in [2.24, 2.45) is 5.92 Å². The van der Waals surface area contributed by atoms with Crippen molar-refractivity contribution in [3.63, 3.8) is 0 Å². The molecule has 1 unspecified atom stereocenters. The van der Waals surface area contributed by atoms with Crippen LogP contribution < -0.4 is 19.9 Å². The van der Waals surface area contributed by atoms with Crippen molar-refractivity contribution < 1.29 is 11.0 Å². The maximum absolute atomic E-state index is 12.8. The number of nitrogens with one attached hydrogen (secondary N) is 1. The molecule has 0 radical (unpaired) electrons. The van der Waals surface area contributed by atoms with E-state index in [-0.39, 0.29) is 7.33 Å². The molecular formula is C22H32N4O2. The van der Waals surface area contributed by atoms with Crippen LogP contribution in [0, 0.1) is 5.92 Å². The number of carbonyl (C=O) groups is 1. The van der Waals surface area contributed by atoms with Gasteiger partial charge in [0.05, 0.1) is 18.5 Å². The van der Waals surface area contributed by atoms with E-state index in [4.69, 9.17) is 4.74 Å². The van der Waals surface area contributed by atoms with Crippen molar-refractivity contribution in [1.82, 2.24) is 10.3 Å². The summed E-state index contributed by atoms with van der Waals surface area (Å²) < 4.78 is 5.68. The number of likely N-dealkylation sites (N-methyl/N-ethyl adjacent to an activating group) is 1. The molecule has 1 N–H and O–H groups in total. The SMILES string of the molecule is CNC1CCN(c2ccc(N(C)C(=O)c3ccc(OCC(C)C)cc3)cn2)C1.[HH]. The highest BCUT2D eigenvalue weighted by molar-refractivity contribution is 6.05. The first-order chi connectivity index (χ1) is 13.5. The molecule has 1 aliphatic rings. The number of carbonyl (C=O) groups excluding carboxylic acids is 1. The lowest BCUT2D eigenvalue weighted by atomic mass is 10.2. The van der Waals surface area contributed by atoms with Crippen LogP contribution >= 0.6 is 0 Å². The standard InChI is InChI=1S/C22H30N4O2.H2/c1-16(2)15-28-20-8-5-17(6-9-20)22(27)25(4)19-7-10-21(24-13-19)26-12-11-18(14-26)23-3;/h5-10,13,16,18,23H,11-12,14-15H2,1-4H3;1H. The molecule has 1 amide bonds. The highest BCUT2D eigenvalue weighted by Crippen LogP contribution is 2.22. The van der Waals surface area contributed by atoms with Crippen molar-refractivity contribution in [2.75, 3.05) is 43.6 Å². The molecule has 0 bridgehead atoms. The molecule has 6 heteroatoms. The second kappa shape index (κ2) is 9.06.